The molecular formula is C10H5ClN2O. The van der Waals surface area contributed by atoms with Crippen LogP contribution in [0.1, 0.15) is 5.56 Å². The second kappa shape index (κ2) is 3.17. The van der Waals surface area contributed by atoms with Crippen LogP contribution in [-0.2, 0) is 0 Å². The highest BCUT2D eigenvalue weighted by Gasteiger charge is 2.07. The van der Waals surface area contributed by atoms with E-state index in [0.717, 1.165) is 0 Å². The second-order valence-electron chi connectivity index (χ2n) is 2.83. The van der Waals surface area contributed by atoms with Crippen LogP contribution in [0.15, 0.2) is 30.5 Å². The molecule has 0 atom stereocenters. The van der Waals surface area contributed by atoms with Crippen LogP contribution < -0.4 is 4.73 Å². The van der Waals surface area contributed by atoms with Crippen molar-refractivity contribution in [3.05, 3.63) is 46.3 Å². The molecule has 1 aromatic carbocycles. The number of rotatable bonds is 0. The third-order valence-corrected chi connectivity index (χ3v) is 2.31. The van der Waals surface area contributed by atoms with E-state index < -0.39 is 0 Å². The van der Waals surface area contributed by atoms with Gasteiger partial charge in [-0.3, -0.25) is 0 Å². The predicted molar refractivity (Wildman–Crippen MR) is 52.6 cm³/mol. The summed E-state index contributed by atoms with van der Waals surface area (Å²) in [5.74, 6) is 0. The zero-order valence-corrected chi connectivity index (χ0v) is 7.82. The zero-order valence-electron chi connectivity index (χ0n) is 7.07. The minimum Gasteiger partial charge on any atom is -0.618 e. The van der Waals surface area contributed by atoms with Gasteiger partial charge in [-0.1, -0.05) is 11.6 Å². The number of hydrogen-bond acceptors (Lipinski definition) is 2. The number of fused-ring (bicyclic) bond motifs is 1. The Kier molecular flexibility index (Phi) is 1.99. The normalized spacial score (nSPS) is 10.0. The Labute approximate surface area is 85.4 Å². The van der Waals surface area contributed by atoms with Crippen molar-refractivity contribution >= 4 is 22.5 Å². The molecule has 3 nitrogen and oxygen atoms in total. The summed E-state index contributed by atoms with van der Waals surface area (Å²) in [5.41, 5.74) is 0.862. The van der Waals surface area contributed by atoms with Crippen LogP contribution in [0.4, 0.5) is 0 Å². The highest BCUT2D eigenvalue weighted by atomic mass is 35.5. The summed E-state index contributed by atoms with van der Waals surface area (Å²) in [6.07, 6.45) is 1.33. The largest absolute Gasteiger partial charge is 0.618 e. The lowest BCUT2D eigenvalue weighted by atomic mass is 10.1. The van der Waals surface area contributed by atoms with E-state index in [-0.39, 0.29) is 0 Å². The van der Waals surface area contributed by atoms with Crippen LogP contribution in [0.2, 0.25) is 5.02 Å². The Morgan fingerprint density at radius 2 is 2.14 bits per heavy atom. The first kappa shape index (κ1) is 8.79. The zero-order chi connectivity index (χ0) is 10.1. The van der Waals surface area contributed by atoms with Crippen molar-refractivity contribution in [2.24, 2.45) is 0 Å². The van der Waals surface area contributed by atoms with E-state index in [4.69, 9.17) is 16.9 Å². The lowest BCUT2D eigenvalue weighted by Gasteiger charge is -2.02. The van der Waals surface area contributed by atoms with Crippen molar-refractivity contribution < 1.29 is 4.73 Å². The molecule has 0 amide bonds. The minimum absolute atomic E-state index is 0.413. The quantitative estimate of drug-likeness (QED) is 0.487. The van der Waals surface area contributed by atoms with Crippen molar-refractivity contribution in [1.82, 2.24) is 0 Å². The van der Waals surface area contributed by atoms with Gasteiger partial charge in [0.15, 0.2) is 6.20 Å². The lowest BCUT2D eigenvalue weighted by molar-refractivity contribution is -0.577. The van der Waals surface area contributed by atoms with Crippen LogP contribution >= 0.6 is 11.6 Å². The average molecular weight is 205 g/mol. The molecule has 0 fully saturated rings. The highest BCUT2D eigenvalue weighted by Crippen LogP contribution is 2.20. The van der Waals surface area contributed by atoms with Gasteiger partial charge in [0.2, 0.25) is 5.52 Å². The van der Waals surface area contributed by atoms with Gasteiger partial charge in [-0.2, -0.15) is 9.99 Å². The maximum Gasteiger partial charge on any atom is 0.226 e. The number of halogens is 1. The van der Waals surface area contributed by atoms with Crippen LogP contribution in [-0.4, -0.2) is 0 Å². The molecular weight excluding hydrogens is 200 g/mol. The molecule has 0 saturated carbocycles. The van der Waals surface area contributed by atoms with Crippen molar-refractivity contribution in [3.8, 4) is 6.07 Å². The topological polar surface area (TPSA) is 50.7 Å². The lowest BCUT2D eigenvalue weighted by Crippen LogP contribution is -2.25. The molecule has 0 aliphatic rings. The monoisotopic (exact) mass is 204 g/mol. The summed E-state index contributed by atoms with van der Waals surface area (Å²) >= 11 is 5.89. The van der Waals surface area contributed by atoms with E-state index >= 15 is 0 Å². The molecule has 1 aromatic heterocycles. The number of pyridine rings is 1. The number of hydrogen-bond donors (Lipinski definition) is 0. The third-order valence-electron chi connectivity index (χ3n) is 1.98. The summed E-state index contributed by atoms with van der Waals surface area (Å²) in [5, 5.41) is 21.2. The van der Waals surface area contributed by atoms with Gasteiger partial charge in [-0.25, -0.2) is 0 Å². The standard InChI is InChI=1S/C10H5ClN2O/c11-9-3-4-13(14)10-5-7(6-12)1-2-8(9)10/h1-5H. The molecule has 0 N–H and O–H groups in total. The Hall–Kier alpha value is -1.79. The van der Waals surface area contributed by atoms with Crippen molar-refractivity contribution in [3.63, 3.8) is 0 Å². The summed E-state index contributed by atoms with van der Waals surface area (Å²) in [4.78, 5) is 0. The number of benzene rings is 1. The summed E-state index contributed by atoms with van der Waals surface area (Å²) < 4.78 is 0.696. The third kappa shape index (κ3) is 1.26. The fraction of sp³-hybridized carbons (Fsp3) is 0. The van der Waals surface area contributed by atoms with Gasteiger partial charge >= 0.3 is 0 Å². The van der Waals surface area contributed by atoms with Crippen molar-refractivity contribution in [1.29, 1.82) is 5.26 Å². The molecule has 0 saturated heterocycles. The summed E-state index contributed by atoms with van der Waals surface area (Å²) in [6.45, 7) is 0. The van der Waals surface area contributed by atoms with Gasteiger partial charge < -0.3 is 5.21 Å². The maximum atomic E-state index is 11.3. The Balaban J connectivity index is 2.89. The summed E-state index contributed by atoms with van der Waals surface area (Å²) in [7, 11) is 0. The van der Waals surface area contributed by atoms with Crippen molar-refractivity contribution in [2.45, 2.75) is 0 Å². The molecule has 0 aliphatic carbocycles. The smallest absolute Gasteiger partial charge is 0.226 e. The van der Waals surface area contributed by atoms with Gasteiger partial charge in [-0.05, 0) is 12.1 Å². The number of aromatic nitrogens is 1. The minimum atomic E-state index is 0.413. The number of nitrogens with zero attached hydrogens (tertiary/aromatic N) is 2. The van der Waals surface area contributed by atoms with Crippen molar-refractivity contribution in [2.75, 3.05) is 0 Å². The molecule has 2 rings (SSSR count). The average Bonchev–Trinajstić information content (AvgIpc) is 2.23. The van der Waals surface area contributed by atoms with E-state index in [0.29, 0.717) is 26.2 Å². The Morgan fingerprint density at radius 3 is 2.86 bits per heavy atom. The molecule has 2 aromatic rings. The molecule has 14 heavy (non-hydrogen) atoms. The Morgan fingerprint density at radius 1 is 1.36 bits per heavy atom. The van der Waals surface area contributed by atoms with Gasteiger partial charge in [-0.15, -0.1) is 0 Å². The molecule has 0 bridgehead atoms. The van der Waals surface area contributed by atoms with E-state index in [2.05, 4.69) is 0 Å². The molecule has 68 valence electrons. The van der Waals surface area contributed by atoms with Gasteiger partial charge in [0.05, 0.1) is 22.0 Å². The molecule has 1 heterocycles. The number of nitriles is 1. The molecule has 4 heteroatoms. The molecule has 0 spiro atoms. The Bertz CT molecular complexity index is 546. The second-order valence-corrected chi connectivity index (χ2v) is 3.24. The molecule has 0 aliphatic heterocycles. The first-order valence-electron chi connectivity index (χ1n) is 3.94. The summed E-state index contributed by atoms with van der Waals surface area (Å²) in [6, 6.07) is 8.33. The molecule has 0 unspecified atom stereocenters. The predicted octanol–water partition coefficient (Wildman–Crippen LogP) is 2.00. The maximum absolute atomic E-state index is 11.3. The van der Waals surface area contributed by atoms with E-state index in [1.165, 1.54) is 18.3 Å². The van der Waals surface area contributed by atoms with E-state index in [1.807, 2.05) is 6.07 Å². The first-order chi connectivity index (χ1) is 6.72. The first-order valence-corrected chi connectivity index (χ1v) is 4.31. The van der Waals surface area contributed by atoms with E-state index in [9.17, 15) is 5.21 Å². The fourth-order valence-corrected chi connectivity index (χ4v) is 1.50. The highest BCUT2D eigenvalue weighted by molar-refractivity contribution is 6.35. The van der Waals surface area contributed by atoms with E-state index in [1.54, 1.807) is 12.1 Å². The van der Waals surface area contributed by atoms with Gasteiger partial charge in [0.25, 0.3) is 0 Å². The SMILES string of the molecule is N#Cc1ccc2c(Cl)cc[n+]([O-])c2c1. The molecule has 0 radical (unpaired) electrons. The van der Waals surface area contributed by atoms with Crippen LogP contribution in [0.5, 0.6) is 0 Å². The van der Waals surface area contributed by atoms with Gasteiger partial charge in [0, 0.05) is 12.1 Å². The fourth-order valence-electron chi connectivity index (χ4n) is 1.29. The van der Waals surface area contributed by atoms with Gasteiger partial charge in [0.1, 0.15) is 0 Å². The van der Waals surface area contributed by atoms with Crippen LogP contribution in [0.25, 0.3) is 10.9 Å². The van der Waals surface area contributed by atoms with Crippen LogP contribution in [0.3, 0.4) is 0 Å². The van der Waals surface area contributed by atoms with Crippen LogP contribution in [0, 0.1) is 16.5 Å².